The molecule has 0 unspecified atom stereocenters. The van der Waals surface area contributed by atoms with Crippen molar-refractivity contribution in [1.82, 2.24) is 14.9 Å². The Kier molecular flexibility index (Phi) is 4.46. The molecule has 2 heterocycles. The summed E-state index contributed by atoms with van der Waals surface area (Å²) in [5, 5.41) is 2.80. The van der Waals surface area contributed by atoms with Crippen molar-refractivity contribution in [1.29, 1.82) is 0 Å². The second-order valence-corrected chi connectivity index (χ2v) is 5.19. The summed E-state index contributed by atoms with van der Waals surface area (Å²) in [4.78, 5) is 35.3. The maximum absolute atomic E-state index is 12.3. The van der Waals surface area contributed by atoms with Crippen molar-refractivity contribution in [2.75, 3.05) is 36.4 Å². The van der Waals surface area contributed by atoms with E-state index < -0.39 is 0 Å². The second kappa shape index (κ2) is 6.87. The first kappa shape index (κ1) is 15.0. The number of nitrogens with zero attached hydrogens (tertiary/aromatic N) is 4. The molecule has 3 rings (SSSR count). The fraction of sp³-hybridized carbons (Fsp3) is 0.250. The molecular weight excluding hydrogens is 294 g/mol. The summed E-state index contributed by atoms with van der Waals surface area (Å²) >= 11 is 0. The second-order valence-electron chi connectivity index (χ2n) is 5.19. The van der Waals surface area contributed by atoms with Crippen LogP contribution in [0.4, 0.5) is 11.6 Å². The highest BCUT2D eigenvalue weighted by atomic mass is 16.2. The lowest BCUT2D eigenvalue weighted by molar-refractivity contribution is -0.118. The molecule has 23 heavy (non-hydrogen) atoms. The van der Waals surface area contributed by atoms with Crippen LogP contribution in [0.2, 0.25) is 0 Å². The lowest BCUT2D eigenvalue weighted by Gasteiger charge is -2.32. The number of benzene rings is 1. The third kappa shape index (κ3) is 3.63. The molecule has 1 aliphatic heterocycles. The van der Waals surface area contributed by atoms with Gasteiger partial charge in [-0.05, 0) is 18.2 Å². The molecule has 0 bridgehead atoms. The Morgan fingerprint density at radius 3 is 2.52 bits per heavy atom. The predicted octanol–water partition coefficient (Wildman–Crippen LogP) is 1.01. The third-order valence-electron chi connectivity index (χ3n) is 3.65. The van der Waals surface area contributed by atoms with E-state index in [2.05, 4.69) is 15.3 Å². The summed E-state index contributed by atoms with van der Waals surface area (Å²) < 4.78 is 0. The number of nitrogens with one attached hydrogen (secondary N) is 1. The van der Waals surface area contributed by atoms with Gasteiger partial charge in [-0.1, -0.05) is 18.2 Å². The van der Waals surface area contributed by atoms with Crippen molar-refractivity contribution in [3.05, 3.63) is 48.3 Å². The zero-order chi connectivity index (χ0) is 16.1. The molecule has 0 atom stereocenters. The SMILES string of the molecule is O=CN1CCN(c2nccc(C(=O)Nc3ccccc3)n2)CC1. The lowest BCUT2D eigenvalue weighted by Crippen LogP contribution is -2.46. The highest BCUT2D eigenvalue weighted by Crippen LogP contribution is 2.12. The Labute approximate surface area is 134 Å². The van der Waals surface area contributed by atoms with Crippen molar-refractivity contribution >= 4 is 24.0 Å². The summed E-state index contributed by atoms with van der Waals surface area (Å²) in [6.45, 7) is 2.57. The summed E-state index contributed by atoms with van der Waals surface area (Å²) in [5.41, 5.74) is 1.04. The first-order valence-corrected chi connectivity index (χ1v) is 7.40. The molecule has 7 heteroatoms. The molecular formula is C16H17N5O2. The number of carbonyl (C=O) groups excluding carboxylic acids is 2. The smallest absolute Gasteiger partial charge is 0.274 e. The largest absolute Gasteiger partial charge is 0.342 e. The van der Waals surface area contributed by atoms with Gasteiger partial charge in [0.15, 0.2) is 0 Å². The fourth-order valence-electron chi connectivity index (χ4n) is 2.37. The maximum atomic E-state index is 12.3. The van der Waals surface area contributed by atoms with Crippen molar-refractivity contribution < 1.29 is 9.59 Å². The molecule has 2 aromatic rings. The van der Waals surface area contributed by atoms with Gasteiger partial charge in [0.05, 0.1) is 0 Å². The zero-order valence-electron chi connectivity index (χ0n) is 12.6. The van der Waals surface area contributed by atoms with E-state index in [0.717, 1.165) is 12.1 Å². The number of piperazine rings is 1. The average Bonchev–Trinajstić information content (AvgIpc) is 2.63. The van der Waals surface area contributed by atoms with Crippen LogP contribution in [0.1, 0.15) is 10.5 Å². The van der Waals surface area contributed by atoms with Crippen LogP contribution in [0.3, 0.4) is 0 Å². The van der Waals surface area contributed by atoms with Crippen molar-refractivity contribution in [3.8, 4) is 0 Å². The summed E-state index contributed by atoms with van der Waals surface area (Å²) in [6.07, 6.45) is 2.43. The van der Waals surface area contributed by atoms with Gasteiger partial charge in [-0.2, -0.15) is 0 Å². The number of hydrogen-bond donors (Lipinski definition) is 1. The Morgan fingerprint density at radius 1 is 1.09 bits per heavy atom. The van der Waals surface area contributed by atoms with Crippen LogP contribution in [-0.4, -0.2) is 53.4 Å². The molecule has 1 N–H and O–H groups in total. The van der Waals surface area contributed by atoms with E-state index in [1.165, 1.54) is 0 Å². The van der Waals surface area contributed by atoms with Gasteiger partial charge in [-0.25, -0.2) is 9.97 Å². The highest BCUT2D eigenvalue weighted by molar-refractivity contribution is 6.02. The minimum Gasteiger partial charge on any atom is -0.342 e. The number of anilines is 2. The van der Waals surface area contributed by atoms with Gasteiger partial charge in [0.25, 0.3) is 5.91 Å². The minimum atomic E-state index is -0.272. The van der Waals surface area contributed by atoms with Gasteiger partial charge >= 0.3 is 0 Å². The van der Waals surface area contributed by atoms with Crippen LogP contribution >= 0.6 is 0 Å². The Balaban J connectivity index is 1.70. The quantitative estimate of drug-likeness (QED) is 0.853. The molecule has 1 fully saturated rings. The molecule has 0 radical (unpaired) electrons. The Morgan fingerprint density at radius 2 is 1.83 bits per heavy atom. The maximum Gasteiger partial charge on any atom is 0.274 e. The van der Waals surface area contributed by atoms with Gasteiger partial charge in [-0.15, -0.1) is 0 Å². The molecule has 0 spiro atoms. The number of aromatic nitrogens is 2. The standard InChI is InChI=1S/C16H17N5O2/c22-12-20-8-10-21(11-9-20)16-17-7-6-14(19-16)15(23)18-13-4-2-1-3-5-13/h1-7,12H,8-11H2,(H,18,23). The van der Waals surface area contributed by atoms with Crippen LogP contribution in [0.15, 0.2) is 42.6 Å². The van der Waals surface area contributed by atoms with Crippen molar-refractivity contribution in [2.45, 2.75) is 0 Å². The van der Waals surface area contributed by atoms with E-state index in [1.54, 1.807) is 17.2 Å². The zero-order valence-corrected chi connectivity index (χ0v) is 12.6. The summed E-state index contributed by atoms with van der Waals surface area (Å²) in [5.74, 6) is 0.239. The van der Waals surface area contributed by atoms with E-state index in [-0.39, 0.29) is 5.91 Å². The predicted molar refractivity (Wildman–Crippen MR) is 86.3 cm³/mol. The first-order valence-electron chi connectivity index (χ1n) is 7.40. The van der Waals surface area contributed by atoms with E-state index >= 15 is 0 Å². The molecule has 1 saturated heterocycles. The monoisotopic (exact) mass is 311 g/mol. The van der Waals surface area contributed by atoms with Crippen LogP contribution in [-0.2, 0) is 4.79 Å². The van der Waals surface area contributed by atoms with Gasteiger partial charge in [0, 0.05) is 38.1 Å². The highest BCUT2D eigenvalue weighted by Gasteiger charge is 2.19. The van der Waals surface area contributed by atoms with Gasteiger partial charge < -0.3 is 15.1 Å². The Hall–Kier alpha value is -2.96. The topological polar surface area (TPSA) is 78.4 Å². The van der Waals surface area contributed by atoms with Crippen molar-refractivity contribution in [2.24, 2.45) is 0 Å². The molecule has 7 nitrogen and oxygen atoms in total. The van der Waals surface area contributed by atoms with Crippen LogP contribution in [0.25, 0.3) is 0 Å². The number of carbonyl (C=O) groups is 2. The normalized spacial score (nSPS) is 14.4. The summed E-state index contributed by atoms with van der Waals surface area (Å²) in [7, 11) is 0. The third-order valence-corrected chi connectivity index (χ3v) is 3.65. The van der Waals surface area contributed by atoms with E-state index in [9.17, 15) is 9.59 Å². The number of amides is 2. The van der Waals surface area contributed by atoms with Gasteiger partial charge in [-0.3, -0.25) is 9.59 Å². The molecule has 2 amide bonds. The number of para-hydroxylation sites is 1. The molecule has 118 valence electrons. The molecule has 1 aromatic heterocycles. The van der Waals surface area contributed by atoms with Gasteiger partial charge in [0.1, 0.15) is 5.69 Å². The minimum absolute atomic E-state index is 0.272. The lowest BCUT2D eigenvalue weighted by atomic mass is 10.3. The number of rotatable bonds is 4. The fourth-order valence-corrected chi connectivity index (χ4v) is 2.37. The van der Waals surface area contributed by atoms with Crippen LogP contribution in [0, 0.1) is 0 Å². The molecule has 1 aromatic carbocycles. The van der Waals surface area contributed by atoms with Crippen molar-refractivity contribution in [3.63, 3.8) is 0 Å². The number of hydrogen-bond acceptors (Lipinski definition) is 5. The van der Waals surface area contributed by atoms with Crippen LogP contribution < -0.4 is 10.2 Å². The van der Waals surface area contributed by atoms with E-state index in [4.69, 9.17) is 0 Å². The first-order chi connectivity index (χ1) is 11.3. The van der Waals surface area contributed by atoms with E-state index in [0.29, 0.717) is 37.8 Å². The van der Waals surface area contributed by atoms with Gasteiger partial charge in [0.2, 0.25) is 12.4 Å². The molecule has 1 aliphatic rings. The average molecular weight is 311 g/mol. The van der Waals surface area contributed by atoms with Crippen LogP contribution in [0.5, 0.6) is 0 Å². The van der Waals surface area contributed by atoms with E-state index in [1.807, 2.05) is 35.2 Å². The molecule has 0 saturated carbocycles. The summed E-state index contributed by atoms with van der Waals surface area (Å²) in [6, 6.07) is 10.8. The molecule has 0 aliphatic carbocycles. The Bertz CT molecular complexity index is 684.